The predicted octanol–water partition coefficient (Wildman–Crippen LogP) is 7.59. The van der Waals surface area contributed by atoms with Crippen molar-refractivity contribution >= 4 is 13.6 Å². The average Bonchev–Trinajstić information content (AvgIpc) is 2.77. The molecule has 186 valence electrons. The van der Waals surface area contributed by atoms with Crippen LogP contribution in [0.1, 0.15) is 107 Å². The van der Waals surface area contributed by atoms with Gasteiger partial charge < -0.3 is 30.9 Å². The van der Waals surface area contributed by atoms with E-state index in [-0.39, 0.29) is 42.9 Å². The van der Waals surface area contributed by atoms with Crippen molar-refractivity contribution in [3.63, 3.8) is 0 Å². The summed E-state index contributed by atoms with van der Waals surface area (Å²) >= 11 is 0. The van der Waals surface area contributed by atoms with Crippen LogP contribution in [0.25, 0.3) is 21.3 Å². The van der Waals surface area contributed by atoms with Gasteiger partial charge in [-0.1, -0.05) is 107 Å². The van der Waals surface area contributed by atoms with Crippen LogP contribution in [0.5, 0.6) is 0 Å². The number of hydrogen-bond acceptors (Lipinski definition) is 2. The van der Waals surface area contributed by atoms with Gasteiger partial charge in [-0.15, -0.1) is 11.1 Å². The zero-order valence-electron chi connectivity index (χ0n) is 21.9. The zero-order chi connectivity index (χ0) is 24.6. The third-order valence-electron chi connectivity index (χ3n) is 4.96. The Kier molecular flexibility index (Phi) is 36.9. The van der Waals surface area contributed by atoms with E-state index in [1.165, 1.54) is 25.7 Å². The van der Waals surface area contributed by atoms with Gasteiger partial charge in [-0.05, 0) is 0 Å². The van der Waals surface area contributed by atoms with Crippen molar-refractivity contribution in [3.8, 4) is 0 Å². The van der Waals surface area contributed by atoms with E-state index in [1.54, 1.807) is 0 Å². The molecule has 2 unspecified atom stereocenters. The van der Waals surface area contributed by atoms with Crippen molar-refractivity contribution in [2.75, 3.05) is 14.1 Å². The molecule has 0 radical (unpaired) electrons. The molecule has 0 spiro atoms. The van der Waals surface area contributed by atoms with Crippen LogP contribution in [0.4, 0.5) is 0 Å². The second kappa shape index (κ2) is 27.8. The minimum absolute atomic E-state index is 0. The zero-order valence-corrected chi connectivity index (χ0v) is 23.7. The smallest absolute Gasteiger partial charge is 0.681 e. The summed E-state index contributed by atoms with van der Waals surface area (Å²) in [5.41, 5.74) is 0.190. The van der Waals surface area contributed by atoms with Crippen LogP contribution in [-0.4, -0.2) is 51.1 Å². The fourth-order valence-corrected chi connectivity index (χ4v) is 2.27. The van der Waals surface area contributed by atoms with Crippen LogP contribution in [0, 0.1) is 0 Å². The Bertz CT molecular complexity index is 314. The second-order valence-corrected chi connectivity index (χ2v) is 8.35. The molecule has 0 bridgehead atoms. The first-order chi connectivity index (χ1) is 14.1. The predicted molar refractivity (Wildman–Crippen MR) is 134 cm³/mol. The number of carbonyl (C=O) groups excluding carboxylic acids is 2. The molecule has 0 saturated carbocycles. The van der Waals surface area contributed by atoms with E-state index in [0.717, 1.165) is 25.7 Å². The molecule has 0 saturated heterocycles. The number of hydrogen-bond donors (Lipinski definition) is 0. The van der Waals surface area contributed by atoms with E-state index < -0.39 is 0 Å². The second-order valence-electron chi connectivity index (χ2n) is 8.35. The van der Waals surface area contributed by atoms with Crippen molar-refractivity contribution < 1.29 is 29.1 Å². The summed E-state index contributed by atoms with van der Waals surface area (Å²) in [4.78, 5) is 15.5. The fourth-order valence-electron chi connectivity index (χ4n) is 2.27. The quantitative estimate of drug-likeness (QED) is 0.132. The van der Waals surface area contributed by atoms with Crippen LogP contribution < -0.4 is 0 Å². The Morgan fingerprint density at radius 2 is 0.903 bits per heavy atom. The van der Waals surface area contributed by atoms with E-state index >= 15 is 0 Å². The monoisotopic (exact) mass is 528 g/mol. The van der Waals surface area contributed by atoms with Crippen molar-refractivity contribution in [1.82, 2.24) is 0 Å². The van der Waals surface area contributed by atoms with E-state index in [0.29, 0.717) is 0 Å². The summed E-state index contributed by atoms with van der Waals surface area (Å²) in [6.07, 6.45) is 9.74. The van der Waals surface area contributed by atoms with Gasteiger partial charge >= 0.3 is 19.5 Å². The number of unbranched alkanes of at least 4 members (excludes halogenated alkanes) is 2. The third kappa shape index (κ3) is 29.8. The third-order valence-corrected chi connectivity index (χ3v) is 4.96. The van der Waals surface area contributed by atoms with Gasteiger partial charge in [-0.3, -0.25) is 13.6 Å². The van der Waals surface area contributed by atoms with Gasteiger partial charge in [0, 0.05) is 0 Å². The van der Waals surface area contributed by atoms with Crippen LogP contribution >= 0.6 is 0 Å². The van der Waals surface area contributed by atoms with Crippen molar-refractivity contribution in [3.05, 3.63) is 21.3 Å². The molecular weight excluding hydrogens is 477 g/mol. The van der Waals surface area contributed by atoms with Gasteiger partial charge in [-0.25, -0.2) is 12.3 Å². The molecule has 7 heteroatoms. The maximum Gasteiger partial charge on any atom is 6.00 e. The first kappa shape index (κ1) is 41.1. The molecule has 0 aromatic rings. The van der Waals surface area contributed by atoms with Crippen LogP contribution in [-0.2, 0) is 29.1 Å². The number of nitrogens with zero attached hydrogens (tertiary/aromatic N) is 4. The molecule has 0 aromatic carbocycles. The molecule has 0 aliphatic carbocycles. The van der Waals surface area contributed by atoms with Crippen molar-refractivity contribution in [2.24, 2.45) is 0 Å². The normalized spacial score (nSPS) is 12.5. The van der Waals surface area contributed by atoms with E-state index in [2.05, 4.69) is 79.6 Å². The van der Waals surface area contributed by atoms with Gasteiger partial charge in [0.25, 0.3) is 0 Å². The average molecular weight is 528 g/mol. The molecular formula is C24H50N4O2Ru. The van der Waals surface area contributed by atoms with E-state index in [9.17, 15) is 0 Å². The Labute approximate surface area is 208 Å². The minimum Gasteiger partial charge on any atom is -0.681 e. The first-order valence-corrected chi connectivity index (χ1v) is 11.2. The summed E-state index contributed by atoms with van der Waals surface area (Å²) in [6, 6.07) is 0. The van der Waals surface area contributed by atoms with E-state index in [1.807, 2.05) is 14.1 Å². The Morgan fingerprint density at radius 1 is 0.645 bits per heavy atom. The Hall–Kier alpha value is -0.197. The molecule has 31 heavy (non-hydrogen) atoms. The summed E-state index contributed by atoms with van der Waals surface area (Å²) in [6.45, 7) is 24.0. The van der Waals surface area contributed by atoms with Crippen molar-refractivity contribution in [1.29, 1.82) is 0 Å². The maximum atomic E-state index is 7.75. The molecule has 0 amide bonds. The van der Waals surface area contributed by atoms with E-state index in [4.69, 9.17) is 20.2 Å². The van der Waals surface area contributed by atoms with Gasteiger partial charge in [0.1, 0.15) is 0 Å². The number of rotatable bonds is 14. The molecule has 0 N–H and O–H groups in total. The molecule has 0 heterocycles. The standard InChI is InChI=1S/2C11H24N2.2CHO.Ru/c2*1-6-8-9-10(12-5)13-11(3,4)7-2;2*1-2;/h2*10H,6-9H2,1-5H3;2*1H;/q2*-2;2*-1;+6. The molecule has 0 fully saturated rings. The van der Waals surface area contributed by atoms with Gasteiger partial charge in [-0.2, -0.15) is 14.1 Å². The first-order valence-electron chi connectivity index (χ1n) is 11.2. The maximum absolute atomic E-state index is 7.75. The molecule has 6 nitrogen and oxygen atoms in total. The van der Waals surface area contributed by atoms with Crippen LogP contribution in [0.15, 0.2) is 0 Å². The molecule has 0 aliphatic heterocycles. The summed E-state index contributed by atoms with van der Waals surface area (Å²) in [5, 5.41) is 18.0. The Balaban J connectivity index is -0.000000122. The SMILES string of the molecule is CCCCC([N-]C)[N-]C(C)(C)CC.CCCCC([N-]C)[N-]C(C)(C)CC.[CH-]=O.[CH-]=O.[Ru+6]. The molecule has 0 rings (SSSR count). The topological polar surface area (TPSA) is 90.5 Å². The van der Waals surface area contributed by atoms with Crippen LogP contribution in [0.3, 0.4) is 0 Å². The van der Waals surface area contributed by atoms with Crippen LogP contribution in [0.2, 0.25) is 0 Å². The largest absolute Gasteiger partial charge is 6.00 e. The van der Waals surface area contributed by atoms with Gasteiger partial charge in [0.2, 0.25) is 0 Å². The minimum atomic E-state index is 0. The van der Waals surface area contributed by atoms with Gasteiger partial charge in [0.15, 0.2) is 0 Å². The fraction of sp³-hybridized carbons (Fsp3) is 0.917. The molecule has 0 aromatic heterocycles. The Morgan fingerprint density at radius 3 is 1.06 bits per heavy atom. The summed E-state index contributed by atoms with van der Waals surface area (Å²) < 4.78 is 0. The molecule has 0 aliphatic rings. The molecule has 2 atom stereocenters. The van der Waals surface area contributed by atoms with Gasteiger partial charge in [0.05, 0.1) is 0 Å². The van der Waals surface area contributed by atoms with Crippen molar-refractivity contribution in [2.45, 2.75) is 130 Å². The summed E-state index contributed by atoms with van der Waals surface area (Å²) in [5.74, 6) is 0. The summed E-state index contributed by atoms with van der Waals surface area (Å²) in [7, 11) is 3.74.